The zero-order chi connectivity index (χ0) is 18.8. The third-order valence-corrected chi connectivity index (χ3v) is 4.70. The Kier molecular flexibility index (Phi) is 4.39. The van der Waals surface area contributed by atoms with Gasteiger partial charge in [-0.05, 0) is 36.8 Å². The average molecular weight is 357 g/mol. The van der Waals surface area contributed by atoms with Crippen LogP contribution in [0.2, 0.25) is 0 Å². The van der Waals surface area contributed by atoms with Crippen molar-refractivity contribution in [3.8, 4) is 23.8 Å². The zero-order valence-corrected chi connectivity index (χ0v) is 15.0. The van der Waals surface area contributed by atoms with E-state index in [1.165, 1.54) is 5.56 Å². The second-order valence-electron chi connectivity index (χ2n) is 6.56. The van der Waals surface area contributed by atoms with E-state index in [2.05, 4.69) is 16.3 Å². The summed E-state index contributed by atoms with van der Waals surface area (Å²) in [5.41, 5.74) is 4.14. The number of terminal acetylenes is 1. The van der Waals surface area contributed by atoms with Gasteiger partial charge in [-0.1, -0.05) is 35.7 Å². The van der Waals surface area contributed by atoms with Crippen molar-refractivity contribution in [1.29, 1.82) is 0 Å². The first-order valence-electron chi connectivity index (χ1n) is 8.77. The van der Waals surface area contributed by atoms with Crippen molar-refractivity contribution in [3.63, 3.8) is 0 Å². The van der Waals surface area contributed by atoms with Crippen LogP contribution in [-0.2, 0) is 4.79 Å². The van der Waals surface area contributed by atoms with E-state index in [1.807, 2.05) is 61.7 Å². The highest BCUT2D eigenvalue weighted by molar-refractivity contribution is 5.94. The van der Waals surface area contributed by atoms with E-state index in [9.17, 15) is 4.79 Å². The number of hydrogen-bond acceptors (Lipinski definition) is 3. The lowest BCUT2D eigenvalue weighted by molar-refractivity contribution is -0.116. The van der Waals surface area contributed by atoms with Gasteiger partial charge in [0.15, 0.2) is 0 Å². The van der Waals surface area contributed by atoms with Crippen molar-refractivity contribution in [3.05, 3.63) is 71.4 Å². The molecule has 0 fully saturated rings. The van der Waals surface area contributed by atoms with Gasteiger partial charge >= 0.3 is 0 Å². The molecule has 1 amide bonds. The fraction of sp³-hybridized carbons (Fsp3) is 0.182. The molecule has 27 heavy (non-hydrogen) atoms. The normalized spacial score (nSPS) is 15.6. The van der Waals surface area contributed by atoms with Crippen LogP contribution in [-0.4, -0.2) is 22.3 Å². The standard InChI is InChI=1S/C22H19N3O2/c1-3-12-27-18-10-6-16(7-11-18)19-13-21(26)24-22-20(19)14-23-25(22)17-8-4-15(2)5-9-17/h1,4-11,14,19H,12-13H2,2H3,(H,24,26)/t19-/m1/s1. The van der Waals surface area contributed by atoms with Crippen LogP contribution < -0.4 is 10.1 Å². The molecule has 2 aromatic carbocycles. The van der Waals surface area contributed by atoms with Gasteiger partial charge in [0.05, 0.1) is 11.9 Å². The molecule has 0 saturated heterocycles. The number of amides is 1. The van der Waals surface area contributed by atoms with Gasteiger partial charge in [0.2, 0.25) is 5.91 Å². The van der Waals surface area contributed by atoms with Crippen LogP contribution in [0.1, 0.15) is 29.0 Å². The molecule has 3 aromatic rings. The molecule has 0 radical (unpaired) electrons. The molecule has 1 aliphatic rings. The van der Waals surface area contributed by atoms with E-state index in [1.54, 1.807) is 4.68 Å². The topological polar surface area (TPSA) is 56.1 Å². The first-order chi connectivity index (χ1) is 13.2. The minimum Gasteiger partial charge on any atom is -0.481 e. The SMILES string of the molecule is C#CCOc1ccc([C@H]2CC(=O)Nc3c2cnn3-c2ccc(C)cc2)cc1. The predicted octanol–water partition coefficient (Wildman–Crippen LogP) is 3.67. The second-order valence-corrected chi connectivity index (χ2v) is 6.56. The summed E-state index contributed by atoms with van der Waals surface area (Å²) in [4.78, 5) is 12.4. The van der Waals surface area contributed by atoms with E-state index in [-0.39, 0.29) is 18.4 Å². The van der Waals surface area contributed by atoms with Crippen LogP contribution in [0, 0.1) is 19.3 Å². The van der Waals surface area contributed by atoms with Gasteiger partial charge < -0.3 is 10.1 Å². The molecule has 0 aliphatic carbocycles. The highest BCUT2D eigenvalue weighted by Gasteiger charge is 2.30. The summed E-state index contributed by atoms with van der Waals surface area (Å²) in [7, 11) is 0. The molecule has 1 atom stereocenters. The van der Waals surface area contributed by atoms with Crippen LogP contribution in [0.5, 0.6) is 5.75 Å². The molecule has 0 saturated carbocycles. The molecule has 0 bridgehead atoms. The van der Waals surface area contributed by atoms with Crippen molar-refractivity contribution in [2.45, 2.75) is 19.3 Å². The summed E-state index contributed by atoms with van der Waals surface area (Å²) in [6.07, 6.45) is 7.44. The average Bonchev–Trinajstić information content (AvgIpc) is 3.10. The monoisotopic (exact) mass is 357 g/mol. The molecular formula is C22H19N3O2. The summed E-state index contributed by atoms with van der Waals surface area (Å²) in [6.45, 7) is 2.27. The maximum atomic E-state index is 12.4. The summed E-state index contributed by atoms with van der Waals surface area (Å²) in [5, 5.41) is 7.50. The summed E-state index contributed by atoms with van der Waals surface area (Å²) < 4.78 is 7.21. The number of aryl methyl sites for hydroxylation is 1. The summed E-state index contributed by atoms with van der Waals surface area (Å²) in [5.74, 6) is 3.83. The minimum absolute atomic E-state index is 0.0194. The fourth-order valence-electron chi connectivity index (χ4n) is 3.32. The molecule has 1 aromatic heterocycles. The largest absolute Gasteiger partial charge is 0.481 e. The summed E-state index contributed by atoms with van der Waals surface area (Å²) in [6, 6.07) is 15.8. The van der Waals surface area contributed by atoms with Crippen LogP contribution in [0.25, 0.3) is 5.69 Å². The van der Waals surface area contributed by atoms with E-state index in [4.69, 9.17) is 11.2 Å². The Hall–Kier alpha value is -3.52. The number of nitrogens with one attached hydrogen (secondary N) is 1. The molecular weight excluding hydrogens is 338 g/mol. The van der Waals surface area contributed by atoms with Crippen LogP contribution in [0.4, 0.5) is 5.82 Å². The van der Waals surface area contributed by atoms with Gasteiger partial charge in [-0.25, -0.2) is 4.68 Å². The van der Waals surface area contributed by atoms with E-state index >= 15 is 0 Å². The van der Waals surface area contributed by atoms with Gasteiger partial charge in [-0.15, -0.1) is 6.42 Å². The lowest BCUT2D eigenvalue weighted by Crippen LogP contribution is -2.24. The smallest absolute Gasteiger partial charge is 0.226 e. The third kappa shape index (κ3) is 3.30. The Labute approximate surface area is 158 Å². The maximum absolute atomic E-state index is 12.4. The molecule has 134 valence electrons. The number of anilines is 1. The van der Waals surface area contributed by atoms with Gasteiger partial charge in [0.25, 0.3) is 0 Å². The first kappa shape index (κ1) is 16.9. The fourth-order valence-corrected chi connectivity index (χ4v) is 3.32. The van der Waals surface area contributed by atoms with Crippen molar-refractivity contribution in [2.24, 2.45) is 0 Å². The van der Waals surface area contributed by atoms with Crippen molar-refractivity contribution < 1.29 is 9.53 Å². The minimum atomic E-state index is -0.0466. The third-order valence-electron chi connectivity index (χ3n) is 4.70. The number of hydrogen-bond donors (Lipinski definition) is 1. The number of nitrogens with zero attached hydrogens (tertiary/aromatic N) is 2. The first-order valence-corrected chi connectivity index (χ1v) is 8.77. The van der Waals surface area contributed by atoms with Gasteiger partial charge in [0, 0.05) is 17.9 Å². The number of ether oxygens (including phenoxy) is 1. The highest BCUT2D eigenvalue weighted by atomic mass is 16.5. The van der Waals surface area contributed by atoms with E-state index < -0.39 is 0 Å². The Balaban J connectivity index is 1.69. The van der Waals surface area contributed by atoms with Crippen molar-refractivity contribution in [1.82, 2.24) is 9.78 Å². The second kappa shape index (κ2) is 7.00. The molecule has 4 rings (SSSR count). The lowest BCUT2D eigenvalue weighted by Gasteiger charge is -2.24. The number of aromatic nitrogens is 2. The molecule has 0 unspecified atom stereocenters. The van der Waals surface area contributed by atoms with Gasteiger partial charge in [0.1, 0.15) is 18.2 Å². The number of benzene rings is 2. The maximum Gasteiger partial charge on any atom is 0.226 e. The Morgan fingerprint density at radius 3 is 2.67 bits per heavy atom. The zero-order valence-electron chi connectivity index (χ0n) is 15.0. The van der Waals surface area contributed by atoms with Crippen LogP contribution >= 0.6 is 0 Å². The quantitative estimate of drug-likeness (QED) is 0.725. The predicted molar refractivity (Wildman–Crippen MR) is 104 cm³/mol. The van der Waals surface area contributed by atoms with E-state index in [0.717, 1.165) is 22.6 Å². The molecule has 2 heterocycles. The van der Waals surface area contributed by atoms with Gasteiger partial charge in [-0.3, -0.25) is 4.79 Å². The Morgan fingerprint density at radius 1 is 1.22 bits per heavy atom. The van der Waals surface area contributed by atoms with E-state index in [0.29, 0.717) is 12.2 Å². The highest BCUT2D eigenvalue weighted by Crippen LogP contribution is 2.38. The Bertz CT molecular complexity index is 1010. The number of rotatable bonds is 4. The van der Waals surface area contributed by atoms with Crippen molar-refractivity contribution in [2.75, 3.05) is 11.9 Å². The Morgan fingerprint density at radius 2 is 1.96 bits per heavy atom. The van der Waals surface area contributed by atoms with Crippen LogP contribution in [0.15, 0.2) is 54.7 Å². The molecule has 1 N–H and O–H groups in total. The number of fused-ring (bicyclic) bond motifs is 1. The number of carbonyl (C=O) groups is 1. The summed E-state index contributed by atoms with van der Waals surface area (Å²) >= 11 is 0. The number of carbonyl (C=O) groups excluding carboxylic acids is 1. The van der Waals surface area contributed by atoms with Gasteiger partial charge in [-0.2, -0.15) is 5.10 Å². The van der Waals surface area contributed by atoms with Crippen molar-refractivity contribution >= 4 is 11.7 Å². The molecule has 5 nitrogen and oxygen atoms in total. The molecule has 1 aliphatic heterocycles. The lowest BCUT2D eigenvalue weighted by atomic mass is 9.87. The molecule has 5 heteroatoms. The molecule has 0 spiro atoms. The van der Waals surface area contributed by atoms with Crippen LogP contribution in [0.3, 0.4) is 0 Å².